The van der Waals surface area contributed by atoms with Crippen molar-refractivity contribution < 1.29 is 5.11 Å². The molecule has 1 aromatic carbocycles. The molecule has 2 aromatic rings. The first-order valence-electron chi connectivity index (χ1n) is 7.44. The maximum Gasteiger partial charge on any atom is 0.117 e. The maximum atomic E-state index is 11.6. The molecule has 1 aliphatic carbocycles. The van der Waals surface area contributed by atoms with Crippen LogP contribution in [0.4, 0.5) is 0 Å². The summed E-state index contributed by atoms with van der Waals surface area (Å²) < 4.78 is 0. The third-order valence-electron chi connectivity index (χ3n) is 4.16. The summed E-state index contributed by atoms with van der Waals surface area (Å²) in [6, 6.07) is 7.81. The molecule has 0 bridgehead atoms. The Labute approximate surface area is 140 Å². The van der Waals surface area contributed by atoms with Crippen LogP contribution < -0.4 is 0 Å². The Balaban J connectivity index is 2.07. The van der Waals surface area contributed by atoms with Gasteiger partial charge in [0.15, 0.2) is 0 Å². The Morgan fingerprint density at radius 3 is 2.77 bits per heavy atom. The van der Waals surface area contributed by atoms with Gasteiger partial charge in [-0.15, -0.1) is 11.3 Å². The number of rotatable bonds is 4. The van der Waals surface area contributed by atoms with Gasteiger partial charge in [0.25, 0.3) is 0 Å². The second-order valence-electron chi connectivity index (χ2n) is 6.03. The number of hydrogen-bond acceptors (Lipinski definition) is 3. The Kier molecular flexibility index (Phi) is 4.42. The van der Waals surface area contributed by atoms with Crippen molar-refractivity contribution in [2.75, 3.05) is 20.6 Å². The highest BCUT2D eigenvalue weighted by atomic mass is 35.5. The van der Waals surface area contributed by atoms with Crippen molar-refractivity contribution in [3.8, 4) is 0 Å². The zero-order valence-corrected chi connectivity index (χ0v) is 14.4. The van der Waals surface area contributed by atoms with Crippen LogP contribution in [0, 0.1) is 0 Å². The normalized spacial score (nSPS) is 19.9. The van der Waals surface area contributed by atoms with Gasteiger partial charge in [-0.1, -0.05) is 23.7 Å². The van der Waals surface area contributed by atoms with Gasteiger partial charge in [0, 0.05) is 15.5 Å². The van der Waals surface area contributed by atoms with E-state index in [0.717, 1.165) is 34.5 Å². The minimum atomic E-state index is -0.977. The molecule has 1 unspecified atom stereocenters. The fourth-order valence-electron chi connectivity index (χ4n) is 3.05. The summed E-state index contributed by atoms with van der Waals surface area (Å²) in [5, 5.41) is 14.3. The molecule has 0 amide bonds. The van der Waals surface area contributed by atoms with Crippen LogP contribution in [0.2, 0.25) is 5.02 Å². The number of fused-ring (bicyclic) bond motifs is 2. The number of benzene rings is 1. The van der Waals surface area contributed by atoms with Crippen LogP contribution in [0.15, 0.2) is 29.6 Å². The third kappa shape index (κ3) is 2.86. The van der Waals surface area contributed by atoms with Gasteiger partial charge >= 0.3 is 0 Å². The first-order chi connectivity index (χ1) is 10.5. The van der Waals surface area contributed by atoms with Crippen molar-refractivity contribution in [2.24, 2.45) is 0 Å². The van der Waals surface area contributed by atoms with Crippen LogP contribution in [0.3, 0.4) is 0 Å². The average Bonchev–Trinajstić information content (AvgIpc) is 2.90. The Morgan fingerprint density at radius 1 is 1.18 bits per heavy atom. The first-order valence-corrected chi connectivity index (χ1v) is 8.69. The Hall–Kier alpha value is -1.13. The van der Waals surface area contributed by atoms with E-state index in [4.69, 9.17) is 11.6 Å². The molecule has 0 aliphatic heterocycles. The molecule has 1 aliphatic rings. The molecule has 2 nitrogen and oxygen atoms in total. The van der Waals surface area contributed by atoms with Crippen molar-refractivity contribution in [3.63, 3.8) is 0 Å². The lowest BCUT2D eigenvalue weighted by atomic mass is 9.81. The quantitative estimate of drug-likeness (QED) is 0.892. The van der Waals surface area contributed by atoms with Crippen molar-refractivity contribution in [1.29, 1.82) is 0 Å². The molecule has 22 heavy (non-hydrogen) atoms. The second kappa shape index (κ2) is 6.17. The fourth-order valence-corrected chi connectivity index (χ4v) is 4.09. The number of halogens is 1. The highest BCUT2D eigenvalue weighted by molar-refractivity contribution is 7.11. The van der Waals surface area contributed by atoms with E-state index in [0.29, 0.717) is 11.4 Å². The van der Waals surface area contributed by atoms with Crippen molar-refractivity contribution in [2.45, 2.75) is 18.4 Å². The average molecular weight is 334 g/mol. The van der Waals surface area contributed by atoms with Gasteiger partial charge in [-0.3, -0.25) is 0 Å². The molecular formula is C18H20ClNOS. The van der Waals surface area contributed by atoms with Gasteiger partial charge in [-0.05, 0) is 74.3 Å². The van der Waals surface area contributed by atoms with E-state index in [2.05, 4.69) is 31.1 Å². The standard InChI is InChI=1S/C18H20ClNOS/c1-20(2)10-3-9-18(21)15-8-11-22-17(15)7-5-13-4-6-14(19)12-16(13)18/h4-8,11-12,21H,3,9-10H2,1-2H3. The number of hydrogen-bond donors (Lipinski definition) is 1. The van der Waals surface area contributed by atoms with E-state index in [9.17, 15) is 5.11 Å². The van der Waals surface area contributed by atoms with E-state index in [1.165, 1.54) is 0 Å². The summed E-state index contributed by atoms with van der Waals surface area (Å²) >= 11 is 7.87. The molecule has 0 saturated heterocycles. The van der Waals surface area contributed by atoms with Crippen LogP contribution >= 0.6 is 22.9 Å². The van der Waals surface area contributed by atoms with Gasteiger partial charge in [-0.2, -0.15) is 0 Å². The first kappa shape index (κ1) is 15.8. The SMILES string of the molecule is CN(C)CCCC1(O)c2cc(Cl)ccc2C=Cc2sccc21. The van der Waals surface area contributed by atoms with Gasteiger partial charge in [-0.25, -0.2) is 0 Å². The van der Waals surface area contributed by atoms with Gasteiger partial charge in [0.2, 0.25) is 0 Å². The molecule has 0 saturated carbocycles. The lowest BCUT2D eigenvalue weighted by Crippen LogP contribution is -2.29. The molecule has 0 radical (unpaired) electrons. The van der Waals surface area contributed by atoms with Crippen LogP contribution in [-0.4, -0.2) is 30.6 Å². The lowest BCUT2D eigenvalue weighted by molar-refractivity contribution is 0.0667. The van der Waals surface area contributed by atoms with Gasteiger partial charge in [0.1, 0.15) is 5.60 Å². The molecule has 1 N–H and O–H groups in total. The highest BCUT2D eigenvalue weighted by Gasteiger charge is 2.36. The van der Waals surface area contributed by atoms with E-state index in [1.807, 2.05) is 29.6 Å². The molecule has 0 spiro atoms. The molecule has 3 rings (SSSR count). The summed E-state index contributed by atoms with van der Waals surface area (Å²) in [6.45, 7) is 0.950. The number of aliphatic hydroxyl groups is 1. The maximum absolute atomic E-state index is 11.6. The molecule has 4 heteroatoms. The fraction of sp³-hybridized carbons (Fsp3) is 0.333. The molecule has 0 fully saturated rings. The van der Waals surface area contributed by atoms with Crippen LogP contribution in [0.5, 0.6) is 0 Å². The topological polar surface area (TPSA) is 23.5 Å². The predicted molar refractivity (Wildman–Crippen MR) is 95.5 cm³/mol. The molecule has 1 atom stereocenters. The number of nitrogens with zero attached hydrogens (tertiary/aromatic N) is 1. The second-order valence-corrected chi connectivity index (χ2v) is 7.41. The highest BCUT2D eigenvalue weighted by Crippen LogP contribution is 2.43. The smallest absolute Gasteiger partial charge is 0.117 e. The third-order valence-corrected chi connectivity index (χ3v) is 5.28. The minimum absolute atomic E-state index is 0.664. The zero-order chi connectivity index (χ0) is 15.7. The van der Waals surface area contributed by atoms with E-state index < -0.39 is 5.60 Å². The largest absolute Gasteiger partial charge is 0.380 e. The van der Waals surface area contributed by atoms with Crippen molar-refractivity contribution in [3.05, 3.63) is 56.2 Å². The molecule has 1 aromatic heterocycles. The minimum Gasteiger partial charge on any atom is -0.380 e. The van der Waals surface area contributed by atoms with Gasteiger partial charge in [0.05, 0.1) is 0 Å². The van der Waals surface area contributed by atoms with Gasteiger partial charge < -0.3 is 10.0 Å². The summed E-state index contributed by atoms with van der Waals surface area (Å²) in [4.78, 5) is 3.27. The Morgan fingerprint density at radius 2 is 2.00 bits per heavy atom. The summed E-state index contributed by atoms with van der Waals surface area (Å²) in [7, 11) is 4.11. The van der Waals surface area contributed by atoms with Crippen molar-refractivity contribution in [1.82, 2.24) is 4.90 Å². The van der Waals surface area contributed by atoms with Crippen LogP contribution in [0.1, 0.15) is 34.4 Å². The lowest BCUT2D eigenvalue weighted by Gasteiger charge is -2.30. The molecule has 1 heterocycles. The summed E-state index contributed by atoms with van der Waals surface area (Å²) in [6.07, 6.45) is 5.77. The zero-order valence-electron chi connectivity index (χ0n) is 12.8. The monoisotopic (exact) mass is 333 g/mol. The van der Waals surface area contributed by atoms with E-state index >= 15 is 0 Å². The van der Waals surface area contributed by atoms with Crippen LogP contribution in [0.25, 0.3) is 12.2 Å². The Bertz CT molecular complexity index is 707. The molecular weight excluding hydrogens is 314 g/mol. The summed E-state index contributed by atoms with van der Waals surface area (Å²) in [5.74, 6) is 0. The van der Waals surface area contributed by atoms with Crippen molar-refractivity contribution >= 4 is 35.1 Å². The number of thiophene rings is 1. The van der Waals surface area contributed by atoms with E-state index in [1.54, 1.807) is 11.3 Å². The summed E-state index contributed by atoms with van der Waals surface area (Å²) in [5.41, 5.74) is 1.97. The molecule has 116 valence electrons. The van der Waals surface area contributed by atoms with Crippen LogP contribution in [-0.2, 0) is 5.60 Å². The van der Waals surface area contributed by atoms with E-state index in [-0.39, 0.29) is 0 Å². The predicted octanol–water partition coefficient (Wildman–Crippen LogP) is 4.46.